The normalized spacial score (nSPS) is 9.88. The van der Waals surface area contributed by atoms with E-state index in [1.54, 1.807) is 12.1 Å². The van der Waals surface area contributed by atoms with Crippen LogP contribution < -0.4 is 9.47 Å². The van der Waals surface area contributed by atoms with Crippen LogP contribution in [0.15, 0.2) is 18.2 Å². The molecule has 5 heteroatoms. The van der Waals surface area contributed by atoms with Crippen LogP contribution in [0.3, 0.4) is 0 Å². The summed E-state index contributed by atoms with van der Waals surface area (Å²) in [6.45, 7) is 0.499. The first-order chi connectivity index (χ1) is 7.69. The molecule has 0 fully saturated rings. The second-order valence-corrected chi connectivity index (χ2v) is 3.44. The van der Waals surface area contributed by atoms with Gasteiger partial charge >= 0.3 is 5.97 Å². The summed E-state index contributed by atoms with van der Waals surface area (Å²) in [5, 5.41) is 8.86. The van der Waals surface area contributed by atoms with E-state index in [1.165, 1.54) is 13.2 Å². The Morgan fingerprint density at radius 2 is 2.25 bits per heavy atom. The molecule has 88 valence electrons. The molecular formula is C11H13ClO4. The number of hydrogen-bond donors (Lipinski definition) is 1. The van der Waals surface area contributed by atoms with Gasteiger partial charge in [-0.05, 0) is 18.6 Å². The highest BCUT2D eigenvalue weighted by Crippen LogP contribution is 2.24. The van der Waals surface area contributed by atoms with Gasteiger partial charge in [-0.1, -0.05) is 0 Å². The Morgan fingerprint density at radius 3 is 2.81 bits per heavy atom. The van der Waals surface area contributed by atoms with E-state index < -0.39 is 5.97 Å². The first-order valence-electron chi connectivity index (χ1n) is 4.79. The molecule has 0 spiro atoms. The van der Waals surface area contributed by atoms with Crippen LogP contribution in [-0.4, -0.2) is 30.7 Å². The predicted molar refractivity (Wildman–Crippen MR) is 60.8 cm³/mol. The fourth-order valence-electron chi connectivity index (χ4n) is 1.18. The fraction of sp³-hybridized carbons (Fsp3) is 0.364. The summed E-state index contributed by atoms with van der Waals surface area (Å²) >= 11 is 5.51. The van der Waals surface area contributed by atoms with Crippen molar-refractivity contribution in [2.24, 2.45) is 0 Å². The molecule has 0 bridgehead atoms. The minimum Gasteiger partial charge on any atom is -0.496 e. The molecule has 4 nitrogen and oxygen atoms in total. The number of carbonyl (C=O) groups is 1. The maximum Gasteiger partial charge on any atom is 0.339 e. The molecule has 0 radical (unpaired) electrons. The van der Waals surface area contributed by atoms with Gasteiger partial charge in [-0.2, -0.15) is 0 Å². The second kappa shape index (κ2) is 6.23. The lowest BCUT2D eigenvalue weighted by atomic mass is 10.2. The third-order valence-electron chi connectivity index (χ3n) is 1.95. The molecule has 1 aromatic carbocycles. The zero-order valence-corrected chi connectivity index (χ0v) is 9.66. The molecule has 0 saturated heterocycles. The van der Waals surface area contributed by atoms with Gasteiger partial charge in [0.1, 0.15) is 17.1 Å². The van der Waals surface area contributed by atoms with Crippen LogP contribution in [0.4, 0.5) is 0 Å². The van der Waals surface area contributed by atoms with Crippen molar-refractivity contribution in [2.75, 3.05) is 19.6 Å². The third-order valence-corrected chi connectivity index (χ3v) is 2.22. The molecule has 0 aromatic heterocycles. The van der Waals surface area contributed by atoms with Crippen molar-refractivity contribution in [3.05, 3.63) is 23.8 Å². The number of ether oxygens (including phenoxy) is 2. The summed E-state index contributed by atoms with van der Waals surface area (Å²) in [6, 6.07) is 4.61. The van der Waals surface area contributed by atoms with E-state index in [0.29, 0.717) is 18.2 Å². The number of alkyl halides is 1. The first kappa shape index (κ1) is 12.6. The lowest BCUT2D eigenvalue weighted by Crippen LogP contribution is -2.02. The highest BCUT2D eigenvalue weighted by Gasteiger charge is 2.11. The van der Waals surface area contributed by atoms with Crippen LogP contribution >= 0.6 is 11.6 Å². The Kier molecular flexibility index (Phi) is 4.92. The number of methoxy groups -OCH3 is 1. The van der Waals surface area contributed by atoms with E-state index in [4.69, 9.17) is 26.2 Å². The van der Waals surface area contributed by atoms with Gasteiger partial charge in [0, 0.05) is 11.9 Å². The summed E-state index contributed by atoms with van der Waals surface area (Å²) in [5.41, 5.74) is 0.118. The molecule has 0 saturated carbocycles. The highest BCUT2D eigenvalue weighted by molar-refractivity contribution is 6.17. The number of benzene rings is 1. The van der Waals surface area contributed by atoms with E-state index in [9.17, 15) is 4.79 Å². The molecule has 0 aliphatic rings. The van der Waals surface area contributed by atoms with E-state index >= 15 is 0 Å². The maximum absolute atomic E-state index is 10.8. The third kappa shape index (κ3) is 3.31. The number of rotatable bonds is 6. The molecule has 0 atom stereocenters. The van der Waals surface area contributed by atoms with Gasteiger partial charge in [-0.25, -0.2) is 4.79 Å². The van der Waals surface area contributed by atoms with Crippen molar-refractivity contribution in [2.45, 2.75) is 6.42 Å². The van der Waals surface area contributed by atoms with Gasteiger partial charge in [0.2, 0.25) is 0 Å². The summed E-state index contributed by atoms with van der Waals surface area (Å²) in [7, 11) is 1.42. The minimum absolute atomic E-state index is 0.118. The molecule has 0 aliphatic carbocycles. The summed E-state index contributed by atoms with van der Waals surface area (Å²) < 4.78 is 10.3. The van der Waals surface area contributed by atoms with Gasteiger partial charge in [-0.3, -0.25) is 0 Å². The number of carboxylic acid groups (broad SMARTS) is 1. The summed E-state index contributed by atoms with van der Waals surface area (Å²) in [4.78, 5) is 10.8. The predicted octanol–water partition coefficient (Wildman–Crippen LogP) is 2.40. The zero-order valence-electron chi connectivity index (χ0n) is 8.90. The van der Waals surface area contributed by atoms with Crippen molar-refractivity contribution < 1.29 is 19.4 Å². The Labute approximate surface area is 98.7 Å². The monoisotopic (exact) mass is 244 g/mol. The van der Waals surface area contributed by atoms with Crippen molar-refractivity contribution in [3.63, 3.8) is 0 Å². The van der Waals surface area contributed by atoms with E-state index in [-0.39, 0.29) is 11.3 Å². The van der Waals surface area contributed by atoms with Crippen LogP contribution in [-0.2, 0) is 0 Å². The van der Waals surface area contributed by atoms with E-state index in [1.807, 2.05) is 0 Å². The minimum atomic E-state index is -1.02. The SMILES string of the molecule is COc1cc(OCCCCl)ccc1C(=O)O. The summed E-state index contributed by atoms with van der Waals surface area (Å²) in [6.07, 6.45) is 0.741. The average molecular weight is 245 g/mol. The number of hydrogen-bond acceptors (Lipinski definition) is 3. The van der Waals surface area contributed by atoms with Gasteiger partial charge in [0.25, 0.3) is 0 Å². The molecule has 16 heavy (non-hydrogen) atoms. The standard InChI is InChI=1S/C11H13ClO4/c1-15-10-7-8(16-6-2-5-12)3-4-9(10)11(13)14/h3-4,7H,2,5-6H2,1H3,(H,13,14). The Bertz CT molecular complexity index is 365. The van der Waals surface area contributed by atoms with Crippen molar-refractivity contribution in [1.82, 2.24) is 0 Å². The maximum atomic E-state index is 10.8. The van der Waals surface area contributed by atoms with Crippen LogP contribution in [0.5, 0.6) is 11.5 Å². The quantitative estimate of drug-likeness (QED) is 0.617. The number of halogens is 1. The molecule has 0 amide bonds. The lowest BCUT2D eigenvalue weighted by molar-refractivity contribution is 0.0693. The molecular weight excluding hydrogens is 232 g/mol. The molecule has 1 N–H and O–H groups in total. The second-order valence-electron chi connectivity index (χ2n) is 3.06. The Balaban J connectivity index is 2.78. The Morgan fingerprint density at radius 1 is 1.50 bits per heavy atom. The van der Waals surface area contributed by atoms with Gasteiger partial charge in [0.05, 0.1) is 13.7 Å². The van der Waals surface area contributed by atoms with Crippen molar-refractivity contribution >= 4 is 17.6 Å². The van der Waals surface area contributed by atoms with Crippen molar-refractivity contribution in [3.8, 4) is 11.5 Å². The van der Waals surface area contributed by atoms with Gasteiger partial charge in [0.15, 0.2) is 0 Å². The Hall–Kier alpha value is -1.42. The van der Waals surface area contributed by atoms with Gasteiger partial charge in [-0.15, -0.1) is 11.6 Å². The molecule has 1 aromatic rings. The van der Waals surface area contributed by atoms with Crippen LogP contribution in [0.25, 0.3) is 0 Å². The topological polar surface area (TPSA) is 55.8 Å². The van der Waals surface area contributed by atoms with Crippen LogP contribution in [0, 0.1) is 0 Å². The number of carboxylic acids is 1. The largest absolute Gasteiger partial charge is 0.496 e. The van der Waals surface area contributed by atoms with E-state index in [2.05, 4.69) is 0 Å². The molecule has 0 aliphatic heterocycles. The van der Waals surface area contributed by atoms with Crippen molar-refractivity contribution in [1.29, 1.82) is 0 Å². The van der Waals surface area contributed by atoms with E-state index in [0.717, 1.165) is 6.42 Å². The summed E-state index contributed by atoms with van der Waals surface area (Å²) in [5.74, 6) is 0.372. The smallest absolute Gasteiger partial charge is 0.339 e. The van der Waals surface area contributed by atoms with Gasteiger partial charge < -0.3 is 14.6 Å². The molecule has 0 unspecified atom stereocenters. The number of aromatic carboxylic acids is 1. The molecule has 1 rings (SSSR count). The fourth-order valence-corrected chi connectivity index (χ4v) is 1.29. The average Bonchev–Trinajstić information content (AvgIpc) is 2.29. The molecule has 0 heterocycles. The lowest BCUT2D eigenvalue weighted by Gasteiger charge is -2.09. The zero-order chi connectivity index (χ0) is 12.0. The van der Waals surface area contributed by atoms with Crippen LogP contribution in [0.1, 0.15) is 16.8 Å². The highest BCUT2D eigenvalue weighted by atomic mass is 35.5. The first-order valence-corrected chi connectivity index (χ1v) is 5.32. The van der Waals surface area contributed by atoms with Crippen LogP contribution in [0.2, 0.25) is 0 Å².